The molecule has 0 aromatic rings. The highest BCUT2D eigenvalue weighted by Gasteiger charge is 2.40. The molecule has 0 saturated heterocycles. The first-order valence-corrected chi connectivity index (χ1v) is 14.6. The van der Waals surface area contributed by atoms with Gasteiger partial charge in [0, 0.05) is 0 Å². The van der Waals surface area contributed by atoms with E-state index in [1.807, 2.05) is 46.2 Å². The second kappa shape index (κ2) is 6.13. The van der Waals surface area contributed by atoms with Gasteiger partial charge in [-0.05, 0) is 45.7 Å². The zero-order chi connectivity index (χ0) is 13.9. The maximum absolute atomic E-state index is 12.8. The predicted molar refractivity (Wildman–Crippen MR) is 79.4 cm³/mol. The summed E-state index contributed by atoms with van der Waals surface area (Å²) in [5.41, 5.74) is 6.01. The topological polar surface area (TPSA) is 61.6 Å². The van der Waals surface area contributed by atoms with Crippen LogP contribution in [0.4, 0.5) is 0 Å². The van der Waals surface area contributed by atoms with Gasteiger partial charge in [-0.25, -0.2) is 0 Å². The Morgan fingerprint density at radius 3 is 1.65 bits per heavy atom. The molecule has 0 bridgehead atoms. The Balaban J connectivity index is 5.01. The highest BCUT2D eigenvalue weighted by molar-refractivity contribution is 7.57. The third-order valence-electron chi connectivity index (χ3n) is 1.79. The summed E-state index contributed by atoms with van der Waals surface area (Å²) < 4.78 is 24.4. The fraction of sp³-hybridized carbons (Fsp3) is 1.00. The van der Waals surface area contributed by atoms with Crippen molar-refractivity contribution in [2.75, 3.05) is 0 Å². The van der Waals surface area contributed by atoms with E-state index in [-0.39, 0.29) is 0 Å². The molecule has 0 rings (SSSR count). The molecule has 1 unspecified atom stereocenters. The van der Waals surface area contributed by atoms with E-state index in [1.165, 1.54) is 0 Å². The molecule has 0 aliphatic carbocycles. The third kappa shape index (κ3) is 7.54. The molecule has 0 aliphatic rings. The zero-order valence-corrected chi connectivity index (χ0v) is 15.1. The first-order chi connectivity index (χ1) is 7.40. The van der Waals surface area contributed by atoms with Crippen LogP contribution >= 0.6 is 7.60 Å². The lowest BCUT2D eigenvalue weighted by molar-refractivity contribution is 0.365. The first-order valence-electron chi connectivity index (χ1n) is 6.16. The highest BCUT2D eigenvalue weighted by Crippen LogP contribution is 2.56. The number of hydrogen-bond donors (Lipinski definition) is 1. The molecule has 1 atom stereocenters. The third-order valence-corrected chi connectivity index (χ3v) is 9.28. The molecule has 17 heavy (non-hydrogen) atoms. The van der Waals surface area contributed by atoms with Crippen molar-refractivity contribution in [1.82, 2.24) is 0 Å². The number of nitrogens with two attached hydrogens (primary N) is 1. The lowest BCUT2D eigenvalue weighted by atomic mass is 10.3. The maximum Gasteiger partial charge on any atom is 0.327 e. The molecule has 0 saturated carbocycles. The van der Waals surface area contributed by atoms with Crippen LogP contribution in [0.25, 0.3) is 0 Å². The van der Waals surface area contributed by atoms with Crippen molar-refractivity contribution in [3.05, 3.63) is 0 Å². The summed E-state index contributed by atoms with van der Waals surface area (Å²) >= 11 is 0. The van der Waals surface area contributed by atoms with E-state index in [1.54, 1.807) is 0 Å². The van der Waals surface area contributed by atoms with Gasteiger partial charge in [0.15, 0.2) is 16.6 Å². The van der Waals surface area contributed by atoms with Gasteiger partial charge in [-0.2, -0.15) is 0 Å². The summed E-state index contributed by atoms with van der Waals surface area (Å²) in [7, 11) is -7.03. The molecule has 2 N–H and O–H groups in total. The first kappa shape index (κ1) is 17.5. The largest absolute Gasteiger partial charge is 0.351 e. The van der Waals surface area contributed by atoms with E-state index in [4.69, 9.17) is 14.2 Å². The van der Waals surface area contributed by atoms with Crippen molar-refractivity contribution in [2.45, 2.75) is 64.8 Å². The van der Waals surface area contributed by atoms with Crippen LogP contribution in [0.3, 0.4) is 0 Å². The second-order valence-corrected chi connectivity index (χ2v) is 18.0. The molecule has 7 heteroatoms. The summed E-state index contributed by atoms with van der Waals surface area (Å²) in [6.07, 6.45) is 1.56. The van der Waals surface area contributed by atoms with Gasteiger partial charge in [-0.1, -0.05) is 13.3 Å². The normalized spacial score (nSPS) is 16.0. The summed E-state index contributed by atoms with van der Waals surface area (Å²) in [6, 6.07) is 0. The van der Waals surface area contributed by atoms with Gasteiger partial charge in [0.25, 0.3) is 0 Å². The van der Waals surface area contributed by atoms with E-state index in [9.17, 15) is 4.57 Å². The molecule has 0 amide bonds. The molecule has 0 aromatic carbocycles. The van der Waals surface area contributed by atoms with Gasteiger partial charge in [-0.15, -0.1) is 0 Å². The van der Waals surface area contributed by atoms with E-state index in [0.717, 1.165) is 6.42 Å². The SMILES string of the molecule is CCCC(N)P(=O)(O[Si](C)(C)C)O[Si](C)(C)C. The number of rotatable bonds is 7. The molecule has 0 aliphatic heterocycles. The van der Waals surface area contributed by atoms with Crippen LogP contribution in [0, 0.1) is 0 Å². The molecular weight excluding hydrogens is 269 g/mol. The minimum absolute atomic E-state index is 0.494. The Bertz CT molecular complexity index is 266. The van der Waals surface area contributed by atoms with E-state index >= 15 is 0 Å². The quantitative estimate of drug-likeness (QED) is 0.570. The molecule has 0 fully saturated rings. The predicted octanol–water partition coefficient (Wildman–Crippen LogP) is 3.97. The molecular formula is C10H28NO3PSi2. The summed E-state index contributed by atoms with van der Waals surface area (Å²) in [5, 5.41) is 0. The molecule has 0 radical (unpaired) electrons. The fourth-order valence-electron chi connectivity index (χ4n) is 1.37. The Morgan fingerprint density at radius 2 is 1.41 bits per heavy atom. The van der Waals surface area contributed by atoms with Crippen molar-refractivity contribution in [3.63, 3.8) is 0 Å². The Morgan fingerprint density at radius 1 is 1.06 bits per heavy atom. The average molecular weight is 297 g/mol. The van der Waals surface area contributed by atoms with Crippen LogP contribution < -0.4 is 5.73 Å². The van der Waals surface area contributed by atoms with Gasteiger partial charge in [-0.3, -0.25) is 4.57 Å². The van der Waals surface area contributed by atoms with Crippen LogP contribution in [0.5, 0.6) is 0 Å². The summed E-state index contributed by atoms with van der Waals surface area (Å²) in [6.45, 7) is 14.1. The van der Waals surface area contributed by atoms with E-state index < -0.39 is 30.0 Å². The molecule has 0 spiro atoms. The highest BCUT2D eigenvalue weighted by atomic mass is 31.2. The number of hydrogen-bond acceptors (Lipinski definition) is 4. The maximum atomic E-state index is 12.8. The minimum Gasteiger partial charge on any atom is -0.351 e. The van der Waals surface area contributed by atoms with Gasteiger partial charge >= 0.3 is 7.60 Å². The van der Waals surface area contributed by atoms with Gasteiger partial charge in [0.1, 0.15) is 5.78 Å². The Kier molecular flexibility index (Phi) is 6.32. The van der Waals surface area contributed by atoms with Crippen molar-refractivity contribution in [3.8, 4) is 0 Å². The molecule has 4 nitrogen and oxygen atoms in total. The van der Waals surface area contributed by atoms with Crippen LogP contribution in [0.1, 0.15) is 19.8 Å². The van der Waals surface area contributed by atoms with E-state index in [2.05, 4.69) is 0 Å². The van der Waals surface area contributed by atoms with Crippen LogP contribution in [0.2, 0.25) is 39.3 Å². The van der Waals surface area contributed by atoms with Crippen molar-refractivity contribution in [1.29, 1.82) is 0 Å². The molecule has 104 valence electrons. The Hall–Kier alpha value is 0.544. The van der Waals surface area contributed by atoms with Gasteiger partial charge in [0.2, 0.25) is 0 Å². The van der Waals surface area contributed by atoms with Crippen molar-refractivity contribution >= 4 is 24.2 Å². The van der Waals surface area contributed by atoms with Crippen LogP contribution in [-0.4, -0.2) is 22.4 Å². The summed E-state index contributed by atoms with van der Waals surface area (Å²) in [4.78, 5) is 0. The van der Waals surface area contributed by atoms with E-state index in [0.29, 0.717) is 6.42 Å². The molecule has 0 aromatic heterocycles. The zero-order valence-electron chi connectivity index (χ0n) is 12.2. The standard InChI is InChI=1S/C10H28NO3PSi2/c1-8-9-10(11)15(12,13-16(2,3)4)14-17(5,6)7/h10H,8-9,11H2,1-7H3. The second-order valence-electron chi connectivity index (χ2n) is 6.30. The average Bonchev–Trinajstić information content (AvgIpc) is 1.96. The van der Waals surface area contributed by atoms with Crippen molar-refractivity contribution < 1.29 is 13.0 Å². The minimum atomic E-state index is -3.17. The smallest absolute Gasteiger partial charge is 0.327 e. The Labute approximate surface area is 108 Å². The van der Waals surface area contributed by atoms with Crippen molar-refractivity contribution in [2.24, 2.45) is 5.73 Å². The summed E-state index contributed by atoms with van der Waals surface area (Å²) in [5.74, 6) is -0.494. The lowest BCUT2D eigenvalue weighted by Gasteiger charge is -2.34. The van der Waals surface area contributed by atoms with Gasteiger partial charge in [0.05, 0.1) is 0 Å². The van der Waals surface area contributed by atoms with Gasteiger partial charge < -0.3 is 14.2 Å². The van der Waals surface area contributed by atoms with Crippen LogP contribution in [0.15, 0.2) is 0 Å². The monoisotopic (exact) mass is 297 g/mol. The van der Waals surface area contributed by atoms with Crippen LogP contribution in [-0.2, 0) is 13.0 Å². The lowest BCUT2D eigenvalue weighted by Crippen LogP contribution is -2.36. The molecule has 0 heterocycles. The fourth-order valence-corrected chi connectivity index (χ4v) is 9.62.